The van der Waals surface area contributed by atoms with E-state index in [0.29, 0.717) is 39.0 Å². The Labute approximate surface area is 158 Å². The highest BCUT2D eigenvalue weighted by Crippen LogP contribution is 2.25. The molecule has 0 bridgehead atoms. The largest absolute Gasteiger partial charge is 0.368 e. The van der Waals surface area contributed by atoms with E-state index in [2.05, 4.69) is 10.2 Å². The van der Waals surface area contributed by atoms with Crippen LogP contribution in [0.4, 0.5) is 14.9 Å². The minimum absolute atomic E-state index is 0.233. The molecule has 1 N–H and O–H groups in total. The number of urea groups is 1. The van der Waals surface area contributed by atoms with Gasteiger partial charge in [-0.25, -0.2) is 9.18 Å². The first kappa shape index (κ1) is 19.1. The smallest absolute Gasteiger partial charge is 0.325 e. The number of imide groups is 1. The lowest BCUT2D eigenvalue weighted by Crippen LogP contribution is -2.52. The molecule has 1 aromatic carbocycles. The van der Waals surface area contributed by atoms with E-state index in [-0.39, 0.29) is 24.2 Å². The van der Waals surface area contributed by atoms with Gasteiger partial charge in [0.25, 0.3) is 5.91 Å². The van der Waals surface area contributed by atoms with Gasteiger partial charge in [0.2, 0.25) is 5.91 Å². The zero-order valence-corrected chi connectivity index (χ0v) is 15.7. The van der Waals surface area contributed by atoms with E-state index < -0.39 is 11.6 Å². The predicted molar refractivity (Wildman–Crippen MR) is 98.8 cm³/mol. The van der Waals surface area contributed by atoms with Crippen LogP contribution in [-0.4, -0.2) is 65.9 Å². The molecule has 0 aromatic heterocycles. The van der Waals surface area contributed by atoms with Crippen molar-refractivity contribution >= 4 is 23.5 Å². The van der Waals surface area contributed by atoms with Gasteiger partial charge in [0.05, 0.1) is 0 Å². The Kier molecular flexibility index (Phi) is 5.34. The molecule has 27 heavy (non-hydrogen) atoms. The summed E-state index contributed by atoms with van der Waals surface area (Å²) in [7, 11) is 0. The molecule has 0 radical (unpaired) electrons. The Morgan fingerprint density at radius 3 is 2.19 bits per heavy atom. The second-order valence-corrected chi connectivity index (χ2v) is 6.95. The fraction of sp³-hybridized carbons (Fsp3) is 0.526. The van der Waals surface area contributed by atoms with E-state index in [1.165, 1.54) is 12.1 Å². The molecule has 146 valence electrons. The molecule has 2 saturated heterocycles. The first-order valence-corrected chi connectivity index (χ1v) is 9.32. The summed E-state index contributed by atoms with van der Waals surface area (Å²) in [6.45, 7) is 5.68. The molecule has 2 aliphatic rings. The number of anilines is 1. The van der Waals surface area contributed by atoms with E-state index in [0.717, 1.165) is 10.6 Å². The van der Waals surface area contributed by atoms with Gasteiger partial charge < -0.3 is 15.1 Å². The molecule has 0 aliphatic carbocycles. The van der Waals surface area contributed by atoms with Crippen molar-refractivity contribution in [3.8, 4) is 0 Å². The lowest BCUT2D eigenvalue weighted by molar-refractivity contribution is -0.139. The maximum absolute atomic E-state index is 13.0. The normalized spacial score (nSPS) is 19.4. The van der Waals surface area contributed by atoms with E-state index >= 15 is 0 Å². The van der Waals surface area contributed by atoms with Crippen molar-refractivity contribution in [2.45, 2.75) is 32.2 Å². The van der Waals surface area contributed by atoms with E-state index in [9.17, 15) is 18.8 Å². The number of nitrogens with one attached hydrogen (secondary N) is 1. The number of hydrogen-bond acceptors (Lipinski definition) is 4. The van der Waals surface area contributed by atoms with Gasteiger partial charge in [-0.2, -0.15) is 0 Å². The molecule has 7 nitrogen and oxygen atoms in total. The van der Waals surface area contributed by atoms with E-state index in [1.807, 2.05) is 13.8 Å². The third-order valence-electron chi connectivity index (χ3n) is 5.57. The van der Waals surface area contributed by atoms with Crippen molar-refractivity contribution in [1.29, 1.82) is 0 Å². The summed E-state index contributed by atoms with van der Waals surface area (Å²) in [4.78, 5) is 42.2. The molecule has 4 amide bonds. The second kappa shape index (κ2) is 7.54. The molecule has 2 heterocycles. The number of amides is 4. The summed E-state index contributed by atoms with van der Waals surface area (Å²) in [6, 6.07) is 5.77. The molecule has 1 aromatic rings. The number of hydrogen-bond donors (Lipinski definition) is 1. The Morgan fingerprint density at radius 2 is 1.67 bits per heavy atom. The van der Waals surface area contributed by atoms with Crippen LogP contribution in [0.3, 0.4) is 0 Å². The van der Waals surface area contributed by atoms with Crippen molar-refractivity contribution in [2.24, 2.45) is 0 Å². The van der Waals surface area contributed by atoms with Gasteiger partial charge in [0.1, 0.15) is 17.9 Å². The van der Waals surface area contributed by atoms with Crippen LogP contribution in [0.1, 0.15) is 26.7 Å². The lowest BCUT2D eigenvalue weighted by Gasteiger charge is -2.36. The van der Waals surface area contributed by atoms with Gasteiger partial charge in [0, 0.05) is 31.9 Å². The Bertz CT molecular complexity index is 725. The number of rotatable bonds is 5. The Morgan fingerprint density at radius 1 is 1.07 bits per heavy atom. The second-order valence-electron chi connectivity index (χ2n) is 6.95. The van der Waals surface area contributed by atoms with Gasteiger partial charge >= 0.3 is 6.03 Å². The number of carbonyl (C=O) groups excluding carboxylic acids is 3. The minimum atomic E-state index is -0.890. The molecular formula is C19H25FN4O3. The number of benzene rings is 1. The van der Waals surface area contributed by atoms with Crippen LogP contribution < -0.4 is 10.2 Å². The summed E-state index contributed by atoms with van der Waals surface area (Å²) >= 11 is 0. The van der Waals surface area contributed by atoms with Crippen molar-refractivity contribution < 1.29 is 18.8 Å². The zero-order valence-electron chi connectivity index (χ0n) is 15.7. The van der Waals surface area contributed by atoms with Gasteiger partial charge in [0.15, 0.2) is 0 Å². The summed E-state index contributed by atoms with van der Waals surface area (Å²) in [5, 5.41) is 2.74. The summed E-state index contributed by atoms with van der Waals surface area (Å²) in [5.74, 6) is -0.840. The predicted octanol–water partition coefficient (Wildman–Crippen LogP) is 1.58. The van der Waals surface area contributed by atoms with E-state index in [4.69, 9.17) is 0 Å². The highest BCUT2D eigenvalue weighted by atomic mass is 19.1. The number of halogens is 1. The number of nitrogens with zero attached hydrogens (tertiary/aromatic N) is 3. The molecule has 0 unspecified atom stereocenters. The number of piperazine rings is 1. The molecule has 2 aliphatic heterocycles. The standard InChI is InChI=1S/C19H25FN4O3/c1-3-19(4-2)17(26)24(18(27)21-19)13-16(25)23-11-9-22(10-12-23)15-7-5-14(20)6-8-15/h5-8H,3-4,9-13H2,1-2H3,(H,21,27). The molecule has 8 heteroatoms. The highest BCUT2D eigenvalue weighted by molar-refractivity contribution is 6.09. The van der Waals surface area contributed by atoms with Crippen LogP contribution in [0, 0.1) is 5.82 Å². The fourth-order valence-electron chi connectivity index (χ4n) is 3.65. The van der Waals surface area contributed by atoms with E-state index in [1.54, 1.807) is 17.0 Å². The van der Waals surface area contributed by atoms with Crippen LogP contribution in [0.25, 0.3) is 0 Å². The summed E-state index contributed by atoms with van der Waals surface area (Å²) in [6.07, 6.45) is 0.990. The first-order valence-electron chi connectivity index (χ1n) is 9.32. The zero-order chi connectivity index (χ0) is 19.6. The molecular weight excluding hydrogens is 351 g/mol. The molecule has 0 spiro atoms. The Hall–Kier alpha value is -2.64. The van der Waals surface area contributed by atoms with Crippen LogP contribution in [0.2, 0.25) is 0 Å². The fourth-order valence-corrected chi connectivity index (χ4v) is 3.65. The van der Waals surface area contributed by atoms with Gasteiger partial charge in [-0.3, -0.25) is 14.5 Å². The van der Waals surface area contributed by atoms with Crippen LogP contribution in [0.15, 0.2) is 24.3 Å². The highest BCUT2D eigenvalue weighted by Gasteiger charge is 2.49. The maximum atomic E-state index is 13.0. The van der Waals surface area contributed by atoms with Crippen LogP contribution in [0.5, 0.6) is 0 Å². The van der Waals surface area contributed by atoms with Crippen LogP contribution >= 0.6 is 0 Å². The average molecular weight is 376 g/mol. The maximum Gasteiger partial charge on any atom is 0.325 e. The van der Waals surface area contributed by atoms with Gasteiger partial charge in [-0.15, -0.1) is 0 Å². The van der Waals surface area contributed by atoms with Crippen molar-refractivity contribution in [3.63, 3.8) is 0 Å². The number of carbonyl (C=O) groups is 3. The lowest BCUT2D eigenvalue weighted by atomic mass is 9.93. The summed E-state index contributed by atoms with van der Waals surface area (Å²) in [5.41, 5.74) is 0.0202. The molecule has 0 atom stereocenters. The van der Waals surface area contributed by atoms with Crippen molar-refractivity contribution in [2.75, 3.05) is 37.6 Å². The molecule has 2 fully saturated rings. The monoisotopic (exact) mass is 376 g/mol. The van der Waals surface area contributed by atoms with Crippen molar-refractivity contribution in [3.05, 3.63) is 30.1 Å². The van der Waals surface area contributed by atoms with Gasteiger partial charge in [-0.05, 0) is 37.1 Å². The topological polar surface area (TPSA) is 73.0 Å². The molecule has 3 rings (SSSR count). The average Bonchev–Trinajstić information content (AvgIpc) is 2.93. The quantitative estimate of drug-likeness (QED) is 0.792. The third-order valence-corrected chi connectivity index (χ3v) is 5.57. The summed E-state index contributed by atoms with van der Waals surface area (Å²) < 4.78 is 13.0. The molecule has 0 saturated carbocycles. The first-order chi connectivity index (χ1) is 12.9. The van der Waals surface area contributed by atoms with Gasteiger partial charge in [-0.1, -0.05) is 13.8 Å². The minimum Gasteiger partial charge on any atom is -0.368 e. The Balaban J connectivity index is 1.58. The van der Waals surface area contributed by atoms with Crippen LogP contribution in [-0.2, 0) is 9.59 Å². The van der Waals surface area contributed by atoms with Crippen molar-refractivity contribution in [1.82, 2.24) is 15.1 Å². The SMILES string of the molecule is CCC1(CC)NC(=O)N(CC(=O)N2CCN(c3ccc(F)cc3)CC2)C1=O. The third kappa shape index (κ3) is 3.61.